The number of aromatic nitrogens is 5. The fourth-order valence-electron chi connectivity index (χ4n) is 3.66. The number of hydrogen-bond donors (Lipinski definition) is 2. The summed E-state index contributed by atoms with van der Waals surface area (Å²) in [5.74, 6) is 0.738. The summed E-state index contributed by atoms with van der Waals surface area (Å²) in [7, 11) is 0. The molecule has 0 spiro atoms. The molecule has 2 heterocycles. The molecule has 0 unspecified atom stereocenters. The molecule has 0 amide bonds. The number of nitrogens with one attached hydrogen (secondary N) is 1. The predicted molar refractivity (Wildman–Crippen MR) is 113 cm³/mol. The van der Waals surface area contributed by atoms with Crippen LogP contribution in [0.4, 0.5) is 0 Å². The van der Waals surface area contributed by atoms with Gasteiger partial charge in [0, 0.05) is 24.2 Å². The van der Waals surface area contributed by atoms with E-state index in [1.54, 1.807) is 0 Å². The van der Waals surface area contributed by atoms with Crippen LogP contribution in [0.15, 0.2) is 29.1 Å². The lowest BCUT2D eigenvalue weighted by Gasteiger charge is -2.31. The number of pyridine rings is 1. The van der Waals surface area contributed by atoms with Crippen molar-refractivity contribution in [3.05, 3.63) is 51.6 Å². The maximum atomic E-state index is 12.7. The number of nitrogens with zero attached hydrogens (tertiary/aromatic N) is 5. The van der Waals surface area contributed by atoms with Gasteiger partial charge in [-0.2, -0.15) is 0 Å². The summed E-state index contributed by atoms with van der Waals surface area (Å²) in [6, 6.07) is 7.78. The van der Waals surface area contributed by atoms with Crippen LogP contribution >= 0.6 is 0 Å². The Bertz CT molecular complexity index is 1030. The molecule has 0 fully saturated rings. The highest BCUT2D eigenvalue weighted by Gasteiger charge is 2.29. The summed E-state index contributed by atoms with van der Waals surface area (Å²) in [6.45, 7) is 11.0. The van der Waals surface area contributed by atoms with E-state index in [1.165, 1.54) is 0 Å². The molecule has 1 atom stereocenters. The molecule has 0 aliphatic rings. The summed E-state index contributed by atoms with van der Waals surface area (Å²) >= 11 is 0. The monoisotopic (exact) mass is 398 g/mol. The number of aliphatic hydroxyl groups is 1. The van der Waals surface area contributed by atoms with Gasteiger partial charge >= 0.3 is 0 Å². The van der Waals surface area contributed by atoms with Gasteiger partial charge in [0.05, 0.1) is 18.2 Å². The lowest BCUT2D eigenvalue weighted by atomic mass is 10.1. The largest absolute Gasteiger partial charge is 0.395 e. The summed E-state index contributed by atoms with van der Waals surface area (Å²) < 4.78 is 1.82. The first kappa shape index (κ1) is 21.1. The van der Waals surface area contributed by atoms with Crippen LogP contribution in [0.1, 0.15) is 57.1 Å². The topological polar surface area (TPSA) is 99.9 Å². The van der Waals surface area contributed by atoms with Gasteiger partial charge in [-0.15, -0.1) is 5.10 Å². The second-order valence-electron chi connectivity index (χ2n) is 8.45. The van der Waals surface area contributed by atoms with E-state index in [0.717, 1.165) is 28.7 Å². The minimum Gasteiger partial charge on any atom is -0.395 e. The van der Waals surface area contributed by atoms with Crippen molar-refractivity contribution >= 4 is 10.9 Å². The van der Waals surface area contributed by atoms with E-state index >= 15 is 0 Å². The molecule has 0 bridgehead atoms. The zero-order valence-electron chi connectivity index (χ0n) is 17.8. The summed E-state index contributed by atoms with van der Waals surface area (Å²) in [4.78, 5) is 17.7. The lowest BCUT2D eigenvalue weighted by Crippen LogP contribution is -2.36. The van der Waals surface area contributed by atoms with Crippen molar-refractivity contribution in [2.24, 2.45) is 0 Å². The molecule has 0 radical (unpaired) electrons. The van der Waals surface area contributed by atoms with E-state index in [0.29, 0.717) is 18.7 Å². The zero-order valence-corrected chi connectivity index (χ0v) is 17.8. The molecular formula is C21H30N6O2. The van der Waals surface area contributed by atoms with Gasteiger partial charge in [-0.05, 0) is 68.1 Å². The van der Waals surface area contributed by atoms with E-state index < -0.39 is 0 Å². The van der Waals surface area contributed by atoms with Crippen LogP contribution in [0.5, 0.6) is 0 Å². The Hall–Kier alpha value is -2.58. The summed E-state index contributed by atoms with van der Waals surface area (Å²) in [5, 5.41) is 23.0. The SMILES string of the molecule is CC[C@@H](c1nnnn1C(C)(C)C)N(CCO)Cc1cc2cc(C)ccc2[nH]c1=O. The van der Waals surface area contributed by atoms with E-state index in [2.05, 4.69) is 38.4 Å². The van der Waals surface area contributed by atoms with Crippen LogP contribution in [-0.2, 0) is 12.1 Å². The summed E-state index contributed by atoms with van der Waals surface area (Å²) in [5.41, 5.74) is 2.23. The number of fused-ring (bicyclic) bond motifs is 1. The quantitative estimate of drug-likeness (QED) is 0.634. The van der Waals surface area contributed by atoms with Gasteiger partial charge in [-0.3, -0.25) is 9.69 Å². The molecule has 8 heteroatoms. The molecule has 2 N–H and O–H groups in total. The van der Waals surface area contributed by atoms with Crippen LogP contribution < -0.4 is 5.56 Å². The Morgan fingerprint density at radius 3 is 2.69 bits per heavy atom. The van der Waals surface area contributed by atoms with Crippen molar-refractivity contribution in [1.29, 1.82) is 0 Å². The molecule has 0 aliphatic carbocycles. The summed E-state index contributed by atoms with van der Waals surface area (Å²) in [6.07, 6.45) is 0.751. The Labute approximate surface area is 170 Å². The van der Waals surface area contributed by atoms with Gasteiger partial charge in [0.1, 0.15) is 0 Å². The Morgan fingerprint density at radius 2 is 2.03 bits per heavy atom. The number of aryl methyl sites for hydroxylation is 1. The molecule has 0 saturated carbocycles. The number of rotatable bonds is 7. The Morgan fingerprint density at radius 1 is 1.28 bits per heavy atom. The Kier molecular flexibility index (Phi) is 6.14. The van der Waals surface area contributed by atoms with Gasteiger partial charge in [-0.25, -0.2) is 4.68 Å². The highest BCUT2D eigenvalue weighted by Crippen LogP contribution is 2.27. The first-order valence-electron chi connectivity index (χ1n) is 10.0. The smallest absolute Gasteiger partial charge is 0.252 e. The number of benzene rings is 1. The van der Waals surface area contributed by atoms with Gasteiger partial charge in [-0.1, -0.05) is 18.6 Å². The maximum absolute atomic E-state index is 12.7. The predicted octanol–water partition coefficient (Wildman–Crippen LogP) is 2.52. The molecule has 1 aromatic carbocycles. The van der Waals surface area contributed by atoms with Gasteiger partial charge < -0.3 is 10.1 Å². The molecule has 0 aliphatic heterocycles. The fraction of sp³-hybridized carbons (Fsp3) is 0.524. The molecule has 3 rings (SSSR count). The highest BCUT2D eigenvalue weighted by atomic mass is 16.3. The number of aliphatic hydroxyl groups excluding tert-OH is 1. The first-order chi connectivity index (χ1) is 13.7. The maximum Gasteiger partial charge on any atom is 0.252 e. The average Bonchev–Trinajstić information content (AvgIpc) is 3.13. The number of hydrogen-bond acceptors (Lipinski definition) is 6. The van der Waals surface area contributed by atoms with Crippen molar-refractivity contribution in [3.8, 4) is 0 Å². The van der Waals surface area contributed by atoms with Crippen LogP contribution in [0, 0.1) is 6.92 Å². The molecule has 156 valence electrons. The van der Waals surface area contributed by atoms with Crippen LogP contribution in [0.3, 0.4) is 0 Å². The third kappa shape index (κ3) is 4.54. The molecular weight excluding hydrogens is 368 g/mol. The second-order valence-corrected chi connectivity index (χ2v) is 8.45. The Balaban J connectivity index is 1.99. The number of aromatic amines is 1. The van der Waals surface area contributed by atoms with Crippen LogP contribution in [0.25, 0.3) is 10.9 Å². The van der Waals surface area contributed by atoms with E-state index in [9.17, 15) is 9.90 Å². The molecule has 8 nitrogen and oxygen atoms in total. The standard InChI is InChI=1S/C21H30N6O2/c1-6-18(19-23-24-25-27(19)21(3,4)5)26(9-10-28)13-16-12-15-11-14(2)7-8-17(15)22-20(16)29/h7-8,11-12,18,28H,6,9-10,13H2,1-5H3,(H,22,29)/t18-/m0/s1. The first-order valence-corrected chi connectivity index (χ1v) is 10.0. The van der Waals surface area contributed by atoms with Crippen molar-refractivity contribution < 1.29 is 5.11 Å². The van der Waals surface area contributed by atoms with Crippen LogP contribution in [-0.4, -0.2) is 48.3 Å². The second kappa shape index (κ2) is 8.42. The van der Waals surface area contributed by atoms with E-state index in [1.807, 2.05) is 50.6 Å². The van der Waals surface area contributed by atoms with Gasteiger partial charge in [0.2, 0.25) is 0 Å². The minimum atomic E-state index is -0.269. The van der Waals surface area contributed by atoms with E-state index in [-0.39, 0.29) is 23.7 Å². The highest BCUT2D eigenvalue weighted by molar-refractivity contribution is 5.79. The molecule has 0 saturated heterocycles. The van der Waals surface area contributed by atoms with Crippen LogP contribution in [0.2, 0.25) is 0 Å². The van der Waals surface area contributed by atoms with Crippen molar-refractivity contribution in [1.82, 2.24) is 30.1 Å². The third-order valence-corrected chi connectivity index (χ3v) is 5.09. The third-order valence-electron chi connectivity index (χ3n) is 5.09. The van der Waals surface area contributed by atoms with E-state index in [4.69, 9.17) is 0 Å². The van der Waals surface area contributed by atoms with Gasteiger partial charge in [0.25, 0.3) is 5.56 Å². The normalized spacial score (nSPS) is 13.3. The number of tetrazole rings is 1. The average molecular weight is 399 g/mol. The number of H-pyrrole nitrogens is 1. The lowest BCUT2D eigenvalue weighted by molar-refractivity contribution is 0.127. The molecule has 29 heavy (non-hydrogen) atoms. The van der Waals surface area contributed by atoms with Crippen molar-refractivity contribution in [2.45, 2.75) is 59.2 Å². The minimum absolute atomic E-state index is 0.0157. The molecule has 3 aromatic rings. The fourth-order valence-corrected chi connectivity index (χ4v) is 3.66. The van der Waals surface area contributed by atoms with Crippen molar-refractivity contribution in [3.63, 3.8) is 0 Å². The zero-order chi connectivity index (χ0) is 21.2. The molecule has 2 aromatic heterocycles. The van der Waals surface area contributed by atoms with Gasteiger partial charge in [0.15, 0.2) is 5.82 Å². The van der Waals surface area contributed by atoms with Crippen molar-refractivity contribution in [2.75, 3.05) is 13.2 Å².